The lowest BCUT2D eigenvalue weighted by Gasteiger charge is -2.49. The third-order valence-electron chi connectivity index (χ3n) is 7.43. The lowest BCUT2D eigenvalue weighted by molar-refractivity contribution is 0.0988. The van der Waals surface area contributed by atoms with E-state index in [1.54, 1.807) is 0 Å². The summed E-state index contributed by atoms with van der Waals surface area (Å²) >= 11 is 0. The molecule has 4 aliphatic carbocycles. The van der Waals surface area contributed by atoms with Crippen LogP contribution in [-0.4, -0.2) is 12.2 Å². The summed E-state index contributed by atoms with van der Waals surface area (Å²) in [6.45, 7) is 2.57. The maximum absolute atomic E-state index is 5.83. The van der Waals surface area contributed by atoms with E-state index in [4.69, 9.17) is 4.74 Å². The smallest absolute Gasteiger partial charge is 0.0847 e. The SMILES string of the molecule is CC12CC=C3[C@H]4CC5OC5CC4CC[C@H]3[C@@H]1CCC2. The van der Waals surface area contributed by atoms with E-state index in [9.17, 15) is 0 Å². The van der Waals surface area contributed by atoms with E-state index in [0.29, 0.717) is 17.6 Å². The van der Waals surface area contributed by atoms with Gasteiger partial charge in [-0.3, -0.25) is 0 Å². The Hall–Kier alpha value is -0.300. The van der Waals surface area contributed by atoms with Gasteiger partial charge in [-0.15, -0.1) is 0 Å². The van der Waals surface area contributed by atoms with Gasteiger partial charge in [0, 0.05) is 0 Å². The molecule has 19 heavy (non-hydrogen) atoms. The van der Waals surface area contributed by atoms with Crippen molar-refractivity contribution in [2.24, 2.45) is 29.1 Å². The van der Waals surface area contributed by atoms with Gasteiger partial charge in [0.15, 0.2) is 0 Å². The van der Waals surface area contributed by atoms with Crippen molar-refractivity contribution in [3.05, 3.63) is 11.6 Å². The molecule has 1 heteroatoms. The van der Waals surface area contributed by atoms with Gasteiger partial charge < -0.3 is 4.74 Å². The van der Waals surface area contributed by atoms with Crippen LogP contribution in [-0.2, 0) is 4.74 Å². The molecule has 0 aromatic heterocycles. The summed E-state index contributed by atoms with van der Waals surface area (Å²) in [5.41, 5.74) is 2.56. The van der Waals surface area contributed by atoms with E-state index in [-0.39, 0.29) is 0 Å². The normalized spacial score (nSPS) is 58.5. The zero-order valence-electron chi connectivity index (χ0n) is 12.1. The number of epoxide rings is 1. The first-order chi connectivity index (χ1) is 9.24. The third kappa shape index (κ3) is 1.51. The fourth-order valence-corrected chi connectivity index (χ4v) is 6.35. The van der Waals surface area contributed by atoms with E-state index in [2.05, 4.69) is 13.0 Å². The molecule has 7 atom stereocenters. The van der Waals surface area contributed by atoms with E-state index < -0.39 is 0 Å². The second kappa shape index (κ2) is 3.67. The fraction of sp³-hybridized carbons (Fsp3) is 0.889. The molecule has 1 aliphatic heterocycles. The molecule has 1 saturated heterocycles. The van der Waals surface area contributed by atoms with Crippen molar-refractivity contribution in [3.8, 4) is 0 Å². The van der Waals surface area contributed by atoms with Gasteiger partial charge in [-0.05, 0) is 74.0 Å². The van der Waals surface area contributed by atoms with Crippen LogP contribution in [0.1, 0.15) is 58.3 Å². The zero-order chi connectivity index (χ0) is 12.6. The summed E-state index contributed by atoms with van der Waals surface area (Å²) in [5.74, 6) is 3.86. The van der Waals surface area contributed by atoms with Gasteiger partial charge in [-0.2, -0.15) is 0 Å². The van der Waals surface area contributed by atoms with Gasteiger partial charge in [0.25, 0.3) is 0 Å². The first kappa shape index (κ1) is 11.4. The highest BCUT2D eigenvalue weighted by Gasteiger charge is 2.54. The molecule has 0 radical (unpaired) electrons. The highest BCUT2D eigenvalue weighted by molar-refractivity contribution is 5.25. The van der Waals surface area contributed by atoms with Crippen LogP contribution in [0.4, 0.5) is 0 Å². The first-order valence-corrected chi connectivity index (χ1v) is 8.60. The molecule has 0 N–H and O–H groups in total. The quantitative estimate of drug-likeness (QED) is 0.465. The van der Waals surface area contributed by atoms with Crippen LogP contribution in [0.2, 0.25) is 0 Å². The number of fused-ring (bicyclic) bond motifs is 6. The maximum atomic E-state index is 5.83. The lowest BCUT2D eigenvalue weighted by atomic mass is 9.55. The number of allylic oxidation sites excluding steroid dienone is 2. The molecule has 0 aromatic rings. The van der Waals surface area contributed by atoms with Gasteiger partial charge in [0.2, 0.25) is 0 Å². The monoisotopic (exact) mass is 258 g/mol. The molecule has 0 amide bonds. The Morgan fingerprint density at radius 3 is 2.95 bits per heavy atom. The first-order valence-electron chi connectivity index (χ1n) is 8.60. The van der Waals surface area contributed by atoms with Crippen molar-refractivity contribution in [1.29, 1.82) is 0 Å². The molecule has 5 aliphatic rings. The predicted molar refractivity (Wildman–Crippen MR) is 75.7 cm³/mol. The molecule has 104 valence electrons. The van der Waals surface area contributed by atoms with Crippen LogP contribution < -0.4 is 0 Å². The average molecular weight is 258 g/mol. The van der Waals surface area contributed by atoms with Crippen LogP contribution in [0.25, 0.3) is 0 Å². The van der Waals surface area contributed by atoms with Gasteiger partial charge in [-0.1, -0.05) is 25.0 Å². The number of rotatable bonds is 0. The Kier molecular flexibility index (Phi) is 2.19. The maximum Gasteiger partial charge on any atom is 0.0847 e. The van der Waals surface area contributed by atoms with Crippen molar-refractivity contribution in [2.75, 3.05) is 0 Å². The molecule has 1 nitrogen and oxygen atoms in total. The number of ether oxygens (including phenoxy) is 1. The Bertz CT molecular complexity index is 439. The highest BCUT2D eigenvalue weighted by atomic mass is 16.6. The van der Waals surface area contributed by atoms with E-state index >= 15 is 0 Å². The van der Waals surface area contributed by atoms with Crippen LogP contribution in [0.5, 0.6) is 0 Å². The molecule has 0 aromatic carbocycles. The van der Waals surface area contributed by atoms with Crippen LogP contribution in [0, 0.1) is 29.1 Å². The minimum atomic E-state index is 0.651. The lowest BCUT2D eigenvalue weighted by Crippen LogP contribution is -2.41. The Labute approximate surface area is 116 Å². The van der Waals surface area contributed by atoms with Gasteiger partial charge in [0.1, 0.15) is 0 Å². The summed E-state index contributed by atoms with van der Waals surface area (Å²) in [4.78, 5) is 0. The Morgan fingerprint density at radius 1 is 1.11 bits per heavy atom. The largest absolute Gasteiger partial charge is 0.370 e. The van der Waals surface area contributed by atoms with Gasteiger partial charge in [-0.25, -0.2) is 0 Å². The molecule has 0 bridgehead atoms. The molecule has 5 rings (SSSR count). The summed E-state index contributed by atoms with van der Waals surface area (Å²) in [6.07, 6.45) is 15.6. The molecular formula is C18H26O. The highest BCUT2D eigenvalue weighted by Crippen LogP contribution is 2.61. The minimum absolute atomic E-state index is 0.651. The molecule has 4 fully saturated rings. The summed E-state index contributed by atoms with van der Waals surface area (Å²) in [7, 11) is 0. The Balaban J connectivity index is 1.49. The standard InChI is InChI=1S/C18H26O/c1-18-7-2-3-15(18)13-5-4-11-9-16-17(19-16)10-14(11)12(13)6-8-18/h6,11,13-17H,2-5,7-10H2,1H3/t11?,13-,14+,15+,16?,17?,18?/m1/s1. The summed E-state index contributed by atoms with van der Waals surface area (Å²) < 4.78 is 5.83. The summed E-state index contributed by atoms with van der Waals surface area (Å²) in [6, 6.07) is 0. The van der Waals surface area contributed by atoms with Crippen molar-refractivity contribution in [3.63, 3.8) is 0 Å². The molecule has 4 unspecified atom stereocenters. The third-order valence-corrected chi connectivity index (χ3v) is 7.43. The molecular weight excluding hydrogens is 232 g/mol. The van der Waals surface area contributed by atoms with Crippen molar-refractivity contribution >= 4 is 0 Å². The fourth-order valence-electron chi connectivity index (χ4n) is 6.35. The zero-order valence-corrected chi connectivity index (χ0v) is 12.1. The second-order valence-corrected chi connectivity index (χ2v) is 8.30. The van der Waals surface area contributed by atoms with Crippen LogP contribution in [0.3, 0.4) is 0 Å². The molecule has 0 spiro atoms. The molecule has 1 heterocycles. The topological polar surface area (TPSA) is 12.5 Å². The predicted octanol–water partition coefficient (Wildman–Crippen LogP) is 4.33. The summed E-state index contributed by atoms with van der Waals surface area (Å²) in [5, 5.41) is 0. The van der Waals surface area contributed by atoms with Crippen LogP contribution in [0.15, 0.2) is 11.6 Å². The van der Waals surface area contributed by atoms with Crippen molar-refractivity contribution < 1.29 is 4.74 Å². The van der Waals surface area contributed by atoms with E-state index in [1.807, 2.05) is 5.57 Å². The van der Waals surface area contributed by atoms with Crippen molar-refractivity contribution in [2.45, 2.75) is 70.5 Å². The van der Waals surface area contributed by atoms with Crippen molar-refractivity contribution in [1.82, 2.24) is 0 Å². The Morgan fingerprint density at radius 2 is 2.00 bits per heavy atom. The van der Waals surface area contributed by atoms with Gasteiger partial charge >= 0.3 is 0 Å². The number of hydrogen-bond acceptors (Lipinski definition) is 1. The number of hydrogen-bond donors (Lipinski definition) is 0. The minimum Gasteiger partial charge on any atom is -0.370 e. The molecule has 3 saturated carbocycles. The second-order valence-electron chi connectivity index (χ2n) is 8.30. The van der Waals surface area contributed by atoms with E-state index in [0.717, 1.165) is 23.7 Å². The van der Waals surface area contributed by atoms with Gasteiger partial charge in [0.05, 0.1) is 12.2 Å². The average Bonchev–Trinajstić information content (AvgIpc) is 3.05. The van der Waals surface area contributed by atoms with Crippen LogP contribution >= 0.6 is 0 Å². The van der Waals surface area contributed by atoms with E-state index in [1.165, 1.54) is 51.4 Å².